The minimum absolute atomic E-state index is 0.152. The number of aryl methyl sites for hydroxylation is 1. The van der Waals surface area contributed by atoms with Gasteiger partial charge in [-0.1, -0.05) is 23.7 Å². The number of aliphatic hydroxyl groups is 1. The highest BCUT2D eigenvalue weighted by atomic mass is 35.5. The number of imidazole rings is 1. The van der Waals surface area contributed by atoms with Gasteiger partial charge >= 0.3 is 0 Å². The van der Waals surface area contributed by atoms with Crippen LogP contribution in [-0.4, -0.2) is 38.1 Å². The van der Waals surface area contributed by atoms with Crippen molar-refractivity contribution in [2.45, 2.75) is 26.4 Å². The molecule has 8 nitrogen and oxygen atoms in total. The van der Waals surface area contributed by atoms with Gasteiger partial charge in [0, 0.05) is 29.6 Å². The van der Waals surface area contributed by atoms with Crippen molar-refractivity contribution >= 4 is 34.9 Å². The van der Waals surface area contributed by atoms with Gasteiger partial charge < -0.3 is 15.7 Å². The van der Waals surface area contributed by atoms with Crippen molar-refractivity contribution in [2.24, 2.45) is 0 Å². The molecule has 3 N–H and O–H groups in total. The van der Waals surface area contributed by atoms with Gasteiger partial charge in [-0.15, -0.1) is 0 Å². The van der Waals surface area contributed by atoms with Gasteiger partial charge in [-0.2, -0.15) is 5.10 Å². The summed E-state index contributed by atoms with van der Waals surface area (Å²) in [6.45, 7) is 3.24. The van der Waals surface area contributed by atoms with Gasteiger partial charge in [0.2, 0.25) is 5.91 Å². The van der Waals surface area contributed by atoms with Crippen LogP contribution < -0.4 is 10.6 Å². The second-order valence-electron chi connectivity index (χ2n) is 8.09. The SMILES string of the molecule is CC(=O)Nc1cn2nc(-c3cc(C(=O)NCC[C@@H](O)c4ccc(Cl)cc4)c(C)cc3F)ccc2n1. The summed E-state index contributed by atoms with van der Waals surface area (Å²) in [6.07, 6.45) is 1.06. The molecule has 0 spiro atoms. The first-order valence-corrected chi connectivity index (χ1v) is 11.3. The number of fused-ring (bicyclic) bond motifs is 1. The van der Waals surface area contributed by atoms with Gasteiger partial charge in [0.15, 0.2) is 11.5 Å². The third kappa shape index (κ3) is 5.64. The van der Waals surface area contributed by atoms with Gasteiger partial charge in [-0.3, -0.25) is 9.59 Å². The lowest BCUT2D eigenvalue weighted by molar-refractivity contribution is -0.114. The van der Waals surface area contributed by atoms with Gasteiger partial charge in [0.25, 0.3) is 5.91 Å². The largest absolute Gasteiger partial charge is 0.388 e. The first-order chi connectivity index (χ1) is 16.7. The molecule has 0 aliphatic heterocycles. The number of aromatic nitrogens is 3. The van der Waals surface area contributed by atoms with E-state index in [-0.39, 0.29) is 23.9 Å². The van der Waals surface area contributed by atoms with Crippen LogP contribution in [0, 0.1) is 12.7 Å². The Balaban J connectivity index is 1.50. The zero-order valence-corrected chi connectivity index (χ0v) is 19.8. The zero-order chi connectivity index (χ0) is 25.1. The number of hydrogen-bond donors (Lipinski definition) is 3. The molecule has 0 unspecified atom stereocenters. The lowest BCUT2D eigenvalue weighted by Crippen LogP contribution is -2.26. The first kappa shape index (κ1) is 24.3. The van der Waals surface area contributed by atoms with Crippen LogP contribution in [0.3, 0.4) is 0 Å². The molecule has 0 saturated carbocycles. The monoisotopic (exact) mass is 495 g/mol. The lowest BCUT2D eigenvalue weighted by Gasteiger charge is -2.13. The molecule has 1 atom stereocenters. The van der Waals surface area contributed by atoms with E-state index in [1.807, 2.05) is 0 Å². The summed E-state index contributed by atoms with van der Waals surface area (Å²) in [6, 6.07) is 12.8. The van der Waals surface area contributed by atoms with E-state index < -0.39 is 11.9 Å². The van der Waals surface area contributed by atoms with Crippen molar-refractivity contribution in [3.8, 4) is 11.3 Å². The average Bonchev–Trinajstić information content (AvgIpc) is 3.20. The zero-order valence-electron chi connectivity index (χ0n) is 19.0. The summed E-state index contributed by atoms with van der Waals surface area (Å²) in [4.78, 5) is 28.3. The lowest BCUT2D eigenvalue weighted by atomic mass is 10.0. The second kappa shape index (κ2) is 10.2. The highest BCUT2D eigenvalue weighted by Gasteiger charge is 2.17. The fourth-order valence-electron chi connectivity index (χ4n) is 3.65. The molecule has 0 aliphatic rings. The summed E-state index contributed by atoms with van der Waals surface area (Å²) >= 11 is 5.87. The molecule has 10 heteroatoms. The molecule has 0 saturated heterocycles. The summed E-state index contributed by atoms with van der Waals surface area (Å²) in [5.41, 5.74) is 2.40. The average molecular weight is 496 g/mol. The molecule has 2 aromatic carbocycles. The standard InChI is InChI=1S/C25H23ClFN5O3/c1-14-11-20(27)19(21-7-8-24-30-23(29-15(2)33)13-32(24)31-21)12-18(14)25(35)28-10-9-22(34)16-3-5-17(26)6-4-16/h3-8,11-13,22,34H,9-10H2,1-2H3,(H,28,35)(H,29,33)/t22-/m1/s1. The van der Waals surface area contributed by atoms with Crippen LogP contribution >= 0.6 is 11.6 Å². The van der Waals surface area contributed by atoms with Crippen LogP contribution in [0.2, 0.25) is 5.02 Å². The number of amides is 2. The van der Waals surface area contributed by atoms with Crippen LogP contribution in [0.5, 0.6) is 0 Å². The molecule has 0 bridgehead atoms. The molecular weight excluding hydrogens is 473 g/mol. The molecule has 35 heavy (non-hydrogen) atoms. The predicted molar refractivity (Wildman–Crippen MR) is 131 cm³/mol. The Kier molecular flexibility index (Phi) is 7.09. The van der Waals surface area contributed by atoms with Crippen LogP contribution in [0.1, 0.15) is 40.9 Å². The molecule has 4 rings (SSSR count). The third-order valence-corrected chi connectivity index (χ3v) is 5.67. The quantitative estimate of drug-likeness (QED) is 0.354. The van der Waals surface area contributed by atoms with Gasteiger partial charge in [-0.05, 0) is 60.9 Å². The van der Waals surface area contributed by atoms with Crippen molar-refractivity contribution < 1.29 is 19.1 Å². The molecule has 0 radical (unpaired) electrons. The Morgan fingerprint density at radius 1 is 1.17 bits per heavy atom. The Labute approximate surface area is 205 Å². The number of aliphatic hydroxyl groups excluding tert-OH is 1. The number of anilines is 1. The number of carbonyl (C=O) groups is 2. The van der Waals surface area contributed by atoms with Crippen molar-refractivity contribution in [1.29, 1.82) is 0 Å². The van der Waals surface area contributed by atoms with E-state index in [0.717, 1.165) is 0 Å². The van der Waals surface area contributed by atoms with E-state index in [2.05, 4.69) is 20.7 Å². The number of halogens is 2. The Bertz CT molecular complexity index is 1400. The topological polar surface area (TPSA) is 109 Å². The number of carbonyl (C=O) groups excluding carboxylic acids is 2. The smallest absolute Gasteiger partial charge is 0.251 e. The van der Waals surface area contributed by atoms with E-state index in [9.17, 15) is 19.1 Å². The van der Waals surface area contributed by atoms with Crippen LogP contribution in [-0.2, 0) is 4.79 Å². The summed E-state index contributed by atoms with van der Waals surface area (Å²) in [5.74, 6) is -0.850. The number of nitrogens with zero attached hydrogens (tertiary/aromatic N) is 3. The fourth-order valence-corrected chi connectivity index (χ4v) is 3.78. The fraction of sp³-hybridized carbons (Fsp3) is 0.200. The van der Waals surface area contributed by atoms with E-state index in [1.165, 1.54) is 29.8 Å². The molecular formula is C25H23ClFN5O3. The van der Waals surface area contributed by atoms with Crippen LogP contribution in [0.25, 0.3) is 16.9 Å². The van der Waals surface area contributed by atoms with Crippen molar-refractivity contribution in [3.05, 3.63) is 82.3 Å². The molecule has 4 aromatic rings. The van der Waals surface area contributed by atoms with Crippen LogP contribution in [0.4, 0.5) is 10.2 Å². The molecule has 0 aliphatic carbocycles. The summed E-state index contributed by atoms with van der Waals surface area (Å²) < 4.78 is 16.3. The van der Waals surface area contributed by atoms with E-state index in [4.69, 9.17) is 11.6 Å². The molecule has 2 aromatic heterocycles. The first-order valence-electron chi connectivity index (χ1n) is 10.9. The minimum atomic E-state index is -0.758. The van der Waals surface area contributed by atoms with Crippen molar-refractivity contribution in [2.75, 3.05) is 11.9 Å². The Hall–Kier alpha value is -3.82. The van der Waals surface area contributed by atoms with E-state index >= 15 is 0 Å². The summed E-state index contributed by atoms with van der Waals surface area (Å²) in [5, 5.41) is 20.6. The number of benzene rings is 2. The van der Waals surface area contributed by atoms with Crippen LogP contribution in [0.15, 0.2) is 54.7 Å². The summed E-state index contributed by atoms with van der Waals surface area (Å²) in [7, 11) is 0. The normalized spacial score (nSPS) is 11.9. The maximum Gasteiger partial charge on any atom is 0.251 e. The number of nitrogens with one attached hydrogen (secondary N) is 2. The number of hydrogen-bond acceptors (Lipinski definition) is 5. The van der Waals surface area contributed by atoms with Gasteiger partial charge in [0.1, 0.15) is 5.82 Å². The highest BCUT2D eigenvalue weighted by molar-refractivity contribution is 6.30. The second-order valence-corrected chi connectivity index (χ2v) is 8.52. The van der Waals surface area contributed by atoms with Gasteiger partial charge in [0.05, 0.1) is 18.0 Å². The third-order valence-electron chi connectivity index (χ3n) is 5.42. The Morgan fingerprint density at radius 3 is 2.63 bits per heavy atom. The predicted octanol–water partition coefficient (Wildman–Crippen LogP) is 4.31. The molecule has 2 heterocycles. The highest BCUT2D eigenvalue weighted by Crippen LogP contribution is 2.26. The Morgan fingerprint density at radius 2 is 1.91 bits per heavy atom. The maximum atomic E-state index is 14.8. The van der Waals surface area contributed by atoms with E-state index in [1.54, 1.807) is 43.3 Å². The molecule has 180 valence electrons. The molecule has 2 amide bonds. The number of rotatable bonds is 7. The minimum Gasteiger partial charge on any atom is -0.388 e. The van der Waals surface area contributed by atoms with Crippen molar-refractivity contribution in [1.82, 2.24) is 19.9 Å². The maximum absolute atomic E-state index is 14.8. The van der Waals surface area contributed by atoms with Crippen molar-refractivity contribution in [3.63, 3.8) is 0 Å². The molecule has 0 fully saturated rings. The van der Waals surface area contributed by atoms with Gasteiger partial charge in [-0.25, -0.2) is 13.9 Å². The van der Waals surface area contributed by atoms with E-state index in [0.29, 0.717) is 45.3 Å².